The Morgan fingerprint density at radius 1 is 1.22 bits per heavy atom. The monoisotopic (exact) mass is 406 g/mol. The highest BCUT2D eigenvalue weighted by Gasteiger charge is 2.36. The second-order valence-electron chi connectivity index (χ2n) is 6.68. The second kappa shape index (κ2) is 7.90. The minimum atomic E-state index is -3.68. The van der Waals surface area contributed by atoms with Crippen molar-refractivity contribution in [3.8, 4) is 0 Å². The fraction of sp³-hybridized carbons (Fsp3) is 0.350. The van der Waals surface area contributed by atoms with E-state index < -0.39 is 16.1 Å². The van der Waals surface area contributed by atoms with Gasteiger partial charge in [-0.15, -0.1) is 0 Å². The molecular weight excluding hydrogens is 384 g/mol. The molecule has 0 N–H and O–H groups in total. The van der Waals surface area contributed by atoms with Gasteiger partial charge in [-0.25, -0.2) is 8.42 Å². The maximum Gasteiger partial charge on any atom is 0.250 e. The van der Waals surface area contributed by atoms with E-state index in [1.807, 2.05) is 31.2 Å². The number of para-hydroxylation sites is 1. The summed E-state index contributed by atoms with van der Waals surface area (Å²) in [6, 6.07) is 13.6. The zero-order valence-corrected chi connectivity index (χ0v) is 17.0. The van der Waals surface area contributed by atoms with Crippen LogP contribution < -0.4 is 9.21 Å². The van der Waals surface area contributed by atoms with E-state index in [1.165, 1.54) is 4.31 Å². The van der Waals surface area contributed by atoms with Crippen LogP contribution in [0.15, 0.2) is 48.5 Å². The number of anilines is 2. The molecule has 0 radical (unpaired) electrons. The van der Waals surface area contributed by atoms with Crippen LogP contribution in [0.4, 0.5) is 11.4 Å². The smallest absolute Gasteiger partial charge is 0.250 e. The first-order valence-corrected chi connectivity index (χ1v) is 11.2. The lowest BCUT2D eigenvalue weighted by atomic mass is 10.0. The molecule has 1 atom stereocenters. The van der Waals surface area contributed by atoms with Crippen LogP contribution in [0.1, 0.15) is 25.3 Å². The molecule has 0 fully saturated rings. The second-order valence-corrected chi connectivity index (χ2v) is 8.98. The predicted octanol–water partition coefficient (Wildman–Crippen LogP) is 3.86. The molecule has 0 aromatic heterocycles. The number of rotatable bonds is 5. The third-order valence-corrected chi connectivity index (χ3v) is 6.17. The van der Waals surface area contributed by atoms with Crippen molar-refractivity contribution >= 4 is 38.9 Å². The number of nitrogens with zero attached hydrogens (tertiary/aromatic N) is 2. The molecule has 0 saturated carbocycles. The van der Waals surface area contributed by atoms with Crippen LogP contribution in [0.25, 0.3) is 0 Å². The van der Waals surface area contributed by atoms with Crippen LogP contribution in [0.3, 0.4) is 0 Å². The Morgan fingerprint density at radius 2 is 1.96 bits per heavy atom. The summed E-state index contributed by atoms with van der Waals surface area (Å²) in [5.41, 5.74) is 2.38. The van der Waals surface area contributed by atoms with E-state index in [4.69, 9.17) is 11.6 Å². The highest BCUT2D eigenvalue weighted by Crippen LogP contribution is 2.31. The van der Waals surface area contributed by atoms with Crippen molar-refractivity contribution in [3.05, 3.63) is 59.1 Å². The molecule has 1 heterocycles. The molecule has 144 valence electrons. The molecule has 1 aliphatic rings. The molecule has 5 nitrogen and oxygen atoms in total. The molecule has 0 aliphatic carbocycles. The number of halogens is 1. The summed E-state index contributed by atoms with van der Waals surface area (Å²) in [6.07, 6.45) is 3.25. The standard InChI is InChI=1S/C20H23ClN2O3S/c1-3-18(23(27(2,25)26)17-11-6-10-16(21)14-17)20(24)22-13-7-9-15-8-4-5-12-19(15)22/h4-6,8,10-12,14,18H,3,7,9,13H2,1-2H3/t18-/m1/s1. The predicted molar refractivity (Wildman–Crippen MR) is 110 cm³/mol. The lowest BCUT2D eigenvalue weighted by molar-refractivity contribution is -0.119. The topological polar surface area (TPSA) is 57.7 Å². The highest BCUT2D eigenvalue weighted by atomic mass is 35.5. The quantitative estimate of drug-likeness (QED) is 0.757. The number of hydrogen-bond donors (Lipinski definition) is 0. The normalized spacial score (nSPS) is 15.1. The van der Waals surface area contributed by atoms with E-state index in [1.54, 1.807) is 29.2 Å². The highest BCUT2D eigenvalue weighted by molar-refractivity contribution is 7.92. The van der Waals surface area contributed by atoms with Gasteiger partial charge in [-0.05, 0) is 49.1 Å². The van der Waals surface area contributed by atoms with Gasteiger partial charge >= 0.3 is 0 Å². The molecule has 0 unspecified atom stereocenters. The number of hydrogen-bond acceptors (Lipinski definition) is 3. The summed E-state index contributed by atoms with van der Waals surface area (Å²) >= 11 is 6.07. The first-order chi connectivity index (χ1) is 12.8. The average Bonchev–Trinajstić information content (AvgIpc) is 2.64. The summed E-state index contributed by atoms with van der Waals surface area (Å²) in [5, 5.41) is 0.423. The Labute approximate surface area is 165 Å². The maximum absolute atomic E-state index is 13.4. The first-order valence-electron chi connectivity index (χ1n) is 8.97. The first kappa shape index (κ1) is 19.7. The van der Waals surface area contributed by atoms with Gasteiger partial charge in [0.1, 0.15) is 6.04 Å². The summed E-state index contributed by atoms with van der Waals surface area (Å²) < 4.78 is 26.4. The van der Waals surface area contributed by atoms with Crippen LogP contribution in [-0.4, -0.2) is 33.2 Å². The molecule has 0 bridgehead atoms. The Bertz CT molecular complexity index is 946. The van der Waals surface area contributed by atoms with Gasteiger partial charge in [0.25, 0.3) is 5.91 Å². The number of aryl methyl sites for hydroxylation is 1. The van der Waals surface area contributed by atoms with Crippen molar-refractivity contribution in [3.63, 3.8) is 0 Å². The van der Waals surface area contributed by atoms with Crippen molar-refractivity contribution in [2.24, 2.45) is 0 Å². The lowest BCUT2D eigenvalue weighted by Crippen LogP contribution is -2.52. The molecule has 27 heavy (non-hydrogen) atoms. The van der Waals surface area contributed by atoms with Crippen molar-refractivity contribution in [2.45, 2.75) is 32.2 Å². The largest absolute Gasteiger partial charge is 0.310 e. The Hall–Kier alpha value is -2.05. The molecule has 7 heteroatoms. The molecule has 1 aliphatic heterocycles. The van der Waals surface area contributed by atoms with Gasteiger partial charge in [0.2, 0.25) is 10.0 Å². The van der Waals surface area contributed by atoms with Crippen LogP contribution >= 0.6 is 11.6 Å². The van der Waals surface area contributed by atoms with Gasteiger partial charge < -0.3 is 4.90 Å². The van der Waals surface area contributed by atoms with Gasteiger partial charge in [0.05, 0.1) is 11.9 Å². The minimum Gasteiger partial charge on any atom is -0.310 e. The van der Waals surface area contributed by atoms with Crippen LogP contribution in [-0.2, 0) is 21.2 Å². The summed E-state index contributed by atoms with van der Waals surface area (Å²) in [6.45, 7) is 2.40. The van der Waals surface area contributed by atoms with E-state index in [0.717, 1.165) is 30.3 Å². The summed E-state index contributed by atoms with van der Waals surface area (Å²) in [4.78, 5) is 15.1. The maximum atomic E-state index is 13.4. The van der Waals surface area contributed by atoms with Crippen molar-refractivity contribution in [1.29, 1.82) is 0 Å². The van der Waals surface area contributed by atoms with Crippen LogP contribution in [0.2, 0.25) is 5.02 Å². The molecule has 2 aromatic carbocycles. The molecular formula is C20H23ClN2O3S. The molecule has 1 amide bonds. The Kier molecular flexibility index (Phi) is 5.77. The van der Waals surface area contributed by atoms with Gasteiger partial charge in [0, 0.05) is 17.3 Å². The van der Waals surface area contributed by atoms with Crippen molar-refractivity contribution in [2.75, 3.05) is 22.0 Å². The third-order valence-electron chi connectivity index (χ3n) is 4.75. The molecule has 0 saturated heterocycles. The minimum absolute atomic E-state index is 0.213. The van der Waals surface area contributed by atoms with E-state index in [2.05, 4.69) is 0 Å². The number of carbonyl (C=O) groups is 1. The zero-order valence-electron chi connectivity index (χ0n) is 15.4. The van der Waals surface area contributed by atoms with Gasteiger partial charge in [-0.2, -0.15) is 0 Å². The average molecular weight is 407 g/mol. The van der Waals surface area contributed by atoms with Crippen molar-refractivity contribution < 1.29 is 13.2 Å². The lowest BCUT2D eigenvalue weighted by Gasteiger charge is -2.36. The fourth-order valence-electron chi connectivity index (χ4n) is 3.60. The number of benzene rings is 2. The van der Waals surface area contributed by atoms with Crippen LogP contribution in [0.5, 0.6) is 0 Å². The van der Waals surface area contributed by atoms with Gasteiger partial charge in [-0.1, -0.05) is 42.8 Å². The summed E-state index contributed by atoms with van der Waals surface area (Å²) in [5.74, 6) is -0.213. The molecule has 2 aromatic rings. The number of amides is 1. The van der Waals surface area contributed by atoms with Gasteiger partial charge in [-0.3, -0.25) is 9.10 Å². The number of carbonyl (C=O) groups excluding carboxylic acids is 1. The number of sulfonamides is 1. The van der Waals surface area contributed by atoms with Crippen LogP contribution in [0, 0.1) is 0 Å². The van der Waals surface area contributed by atoms with E-state index in [0.29, 0.717) is 23.7 Å². The van der Waals surface area contributed by atoms with Crippen molar-refractivity contribution in [1.82, 2.24) is 0 Å². The Morgan fingerprint density at radius 3 is 2.63 bits per heavy atom. The number of fused-ring (bicyclic) bond motifs is 1. The van der Waals surface area contributed by atoms with E-state index in [-0.39, 0.29) is 5.91 Å². The SMILES string of the molecule is CC[C@H](C(=O)N1CCCc2ccccc21)N(c1cccc(Cl)c1)S(C)(=O)=O. The molecule has 3 rings (SSSR count). The molecule has 0 spiro atoms. The summed E-state index contributed by atoms with van der Waals surface area (Å²) in [7, 11) is -3.68. The van der Waals surface area contributed by atoms with E-state index in [9.17, 15) is 13.2 Å². The zero-order chi connectivity index (χ0) is 19.6. The van der Waals surface area contributed by atoms with E-state index >= 15 is 0 Å². The third kappa shape index (κ3) is 4.12. The fourth-order valence-corrected chi connectivity index (χ4v) is 4.98. The van der Waals surface area contributed by atoms with Gasteiger partial charge in [0.15, 0.2) is 0 Å². The Balaban J connectivity index is 2.03.